The fraction of sp³-hybridized carbons (Fsp3) is 0.278. The second-order valence-corrected chi connectivity index (χ2v) is 8.82. The fourth-order valence-electron chi connectivity index (χ4n) is 2.93. The lowest BCUT2D eigenvalue weighted by atomic mass is 9.97. The Balaban J connectivity index is 1.76. The van der Waals surface area contributed by atoms with E-state index in [0.29, 0.717) is 18.8 Å². The number of halogens is 2. The van der Waals surface area contributed by atoms with E-state index in [1.54, 1.807) is 18.2 Å². The van der Waals surface area contributed by atoms with Crippen LogP contribution in [0.3, 0.4) is 0 Å². The molecule has 0 radical (unpaired) electrons. The Hall–Kier alpha value is -2.04. The molecule has 3 rings (SSSR count). The summed E-state index contributed by atoms with van der Waals surface area (Å²) >= 11 is 11.6. The number of nitrogens with one attached hydrogen (secondary N) is 1. The highest BCUT2D eigenvalue weighted by atomic mass is 35.5. The number of aromatic hydroxyl groups is 1. The molecule has 156 valence electrons. The largest absolute Gasteiger partial charge is 0.505 e. The summed E-state index contributed by atoms with van der Waals surface area (Å²) in [4.78, 5) is 10.2. The fourth-order valence-corrected chi connectivity index (χ4v) is 4.71. The number of rotatable bonds is 7. The molecule has 0 aliphatic carbocycles. The third kappa shape index (κ3) is 5.12. The van der Waals surface area contributed by atoms with Gasteiger partial charge in [-0.3, -0.25) is 0 Å². The van der Waals surface area contributed by atoms with Crippen molar-refractivity contribution in [2.24, 2.45) is 0 Å². The van der Waals surface area contributed by atoms with Crippen molar-refractivity contribution in [3.8, 4) is 11.5 Å². The Kier molecular flexibility index (Phi) is 6.55. The van der Waals surface area contributed by atoms with Crippen LogP contribution in [0.2, 0.25) is 10.0 Å². The van der Waals surface area contributed by atoms with Crippen molar-refractivity contribution < 1.29 is 32.9 Å². The number of carboxylic acids is 1. The van der Waals surface area contributed by atoms with Gasteiger partial charge in [-0.2, -0.15) is 0 Å². The molecule has 11 heteroatoms. The van der Waals surface area contributed by atoms with E-state index in [4.69, 9.17) is 37.8 Å². The Bertz CT molecular complexity index is 1040. The molecule has 1 aliphatic heterocycles. The monoisotopic (exact) mass is 461 g/mol. The quantitative estimate of drug-likeness (QED) is 0.579. The van der Waals surface area contributed by atoms with Crippen LogP contribution in [0.4, 0.5) is 0 Å². The molecular weight excluding hydrogens is 445 g/mol. The summed E-state index contributed by atoms with van der Waals surface area (Å²) in [5.74, 6) is -1.26. The van der Waals surface area contributed by atoms with Crippen molar-refractivity contribution >= 4 is 39.2 Å². The van der Waals surface area contributed by atoms with Crippen molar-refractivity contribution in [3.63, 3.8) is 0 Å². The van der Waals surface area contributed by atoms with Crippen molar-refractivity contribution in [3.05, 3.63) is 51.5 Å². The molecule has 0 amide bonds. The molecular formula is C18H17Cl2NO7S. The van der Waals surface area contributed by atoms with E-state index >= 15 is 0 Å². The van der Waals surface area contributed by atoms with Crippen molar-refractivity contribution in [1.82, 2.24) is 4.72 Å². The highest BCUT2D eigenvalue weighted by Gasteiger charge is 2.26. The van der Waals surface area contributed by atoms with Gasteiger partial charge in [0.05, 0.1) is 17.7 Å². The van der Waals surface area contributed by atoms with Crippen LogP contribution in [0, 0.1) is 0 Å². The Morgan fingerprint density at radius 2 is 2.03 bits per heavy atom. The van der Waals surface area contributed by atoms with Gasteiger partial charge in [-0.25, -0.2) is 17.9 Å². The molecule has 0 fully saturated rings. The van der Waals surface area contributed by atoms with Crippen LogP contribution in [-0.4, -0.2) is 44.4 Å². The lowest BCUT2D eigenvalue weighted by Gasteiger charge is -2.26. The zero-order valence-corrected chi connectivity index (χ0v) is 17.2. The minimum Gasteiger partial charge on any atom is -0.505 e. The van der Waals surface area contributed by atoms with Crippen LogP contribution in [0.25, 0.3) is 0 Å². The van der Waals surface area contributed by atoms with E-state index in [1.165, 1.54) is 6.07 Å². The smallest absolute Gasteiger partial charge is 0.341 e. The third-order valence-corrected chi connectivity index (χ3v) is 6.20. The van der Waals surface area contributed by atoms with Gasteiger partial charge >= 0.3 is 5.97 Å². The molecule has 0 bridgehead atoms. The number of aliphatic carboxylic acids is 1. The van der Waals surface area contributed by atoms with Crippen LogP contribution < -0.4 is 9.46 Å². The summed E-state index contributed by atoms with van der Waals surface area (Å²) in [7, 11) is -4.10. The maximum atomic E-state index is 12.6. The van der Waals surface area contributed by atoms with E-state index in [1.807, 2.05) is 0 Å². The summed E-state index contributed by atoms with van der Waals surface area (Å²) in [6.07, 6.45) is 0.00642. The third-order valence-electron chi connectivity index (χ3n) is 4.26. The molecule has 1 unspecified atom stereocenters. The van der Waals surface area contributed by atoms with Crippen molar-refractivity contribution in [2.75, 3.05) is 19.8 Å². The number of phenols is 1. The Morgan fingerprint density at radius 3 is 2.76 bits per heavy atom. The standard InChI is InChI=1S/C18H17Cl2NO7S/c19-11-6-14(20)18(24)16(7-11)29(25,26)21-8-15-13-2-1-12(28-9-17(22)23)5-10(13)3-4-27-15/h1-2,5-7,15,21,24H,3-4,8-9H2,(H,22,23). The van der Waals surface area contributed by atoms with Gasteiger partial charge in [0.15, 0.2) is 12.4 Å². The van der Waals surface area contributed by atoms with E-state index in [-0.39, 0.29) is 16.6 Å². The van der Waals surface area contributed by atoms with Crippen LogP contribution in [-0.2, 0) is 26.0 Å². The first kappa shape index (κ1) is 21.7. The van der Waals surface area contributed by atoms with Crippen LogP contribution in [0.1, 0.15) is 17.2 Å². The predicted molar refractivity (Wildman–Crippen MR) is 105 cm³/mol. The number of fused-ring (bicyclic) bond motifs is 1. The Morgan fingerprint density at radius 1 is 1.28 bits per heavy atom. The van der Waals surface area contributed by atoms with Crippen molar-refractivity contribution in [2.45, 2.75) is 17.4 Å². The van der Waals surface area contributed by atoms with Crippen molar-refractivity contribution in [1.29, 1.82) is 0 Å². The molecule has 2 aromatic rings. The first-order chi connectivity index (χ1) is 13.7. The van der Waals surface area contributed by atoms with E-state index in [9.17, 15) is 18.3 Å². The normalized spacial score (nSPS) is 16.3. The molecule has 0 spiro atoms. The molecule has 8 nitrogen and oxygen atoms in total. The summed E-state index contributed by atoms with van der Waals surface area (Å²) in [5, 5.41) is 18.6. The topological polar surface area (TPSA) is 122 Å². The maximum Gasteiger partial charge on any atom is 0.341 e. The van der Waals surface area contributed by atoms with Gasteiger partial charge in [0.2, 0.25) is 10.0 Å². The van der Waals surface area contributed by atoms with Gasteiger partial charge in [0, 0.05) is 11.6 Å². The molecule has 3 N–H and O–H groups in total. The molecule has 1 heterocycles. The molecule has 29 heavy (non-hydrogen) atoms. The lowest BCUT2D eigenvalue weighted by Crippen LogP contribution is -2.32. The van der Waals surface area contributed by atoms with Crippen LogP contribution >= 0.6 is 23.2 Å². The highest BCUT2D eigenvalue weighted by Crippen LogP contribution is 2.35. The zero-order chi connectivity index (χ0) is 21.2. The average Bonchev–Trinajstić information content (AvgIpc) is 2.67. The number of ether oxygens (including phenoxy) is 2. The van der Waals surface area contributed by atoms with Gasteiger partial charge in [-0.05, 0) is 41.8 Å². The summed E-state index contributed by atoms with van der Waals surface area (Å²) in [5.41, 5.74) is 1.63. The minimum absolute atomic E-state index is 0.0707. The van der Waals surface area contributed by atoms with Gasteiger partial charge in [0.1, 0.15) is 10.6 Å². The Labute approximate surface area is 177 Å². The maximum absolute atomic E-state index is 12.6. The number of phenolic OH excluding ortho intramolecular Hbond substituents is 1. The summed E-state index contributed by atoms with van der Waals surface area (Å²) in [6.45, 7) is -0.186. The molecule has 0 saturated heterocycles. The second-order valence-electron chi connectivity index (χ2n) is 6.24. The molecule has 1 atom stereocenters. The second kappa shape index (κ2) is 8.76. The highest BCUT2D eigenvalue weighted by molar-refractivity contribution is 7.89. The van der Waals surface area contributed by atoms with E-state index in [2.05, 4.69) is 4.72 Å². The molecule has 0 saturated carbocycles. The van der Waals surface area contributed by atoms with E-state index < -0.39 is 39.3 Å². The number of carboxylic acid groups (broad SMARTS) is 1. The molecule has 2 aromatic carbocycles. The SMILES string of the molecule is O=C(O)COc1ccc2c(c1)CCOC2CNS(=O)(=O)c1cc(Cl)cc(Cl)c1O. The van der Waals surface area contributed by atoms with Crippen LogP contribution in [0.5, 0.6) is 11.5 Å². The average molecular weight is 462 g/mol. The number of carbonyl (C=O) groups is 1. The van der Waals surface area contributed by atoms with Gasteiger partial charge < -0.3 is 19.7 Å². The number of hydrogen-bond acceptors (Lipinski definition) is 6. The summed E-state index contributed by atoms with van der Waals surface area (Å²) < 4.78 is 38.4. The number of sulfonamides is 1. The van der Waals surface area contributed by atoms with Gasteiger partial charge in [-0.15, -0.1) is 0 Å². The minimum atomic E-state index is -4.10. The first-order valence-electron chi connectivity index (χ1n) is 8.44. The van der Waals surface area contributed by atoms with Crippen LogP contribution in [0.15, 0.2) is 35.2 Å². The van der Waals surface area contributed by atoms with Gasteiger partial charge in [-0.1, -0.05) is 29.3 Å². The number of hydrogen-bond donors (Lipinski definition) is 3. The first-order valence-corrected chi connectivity index (χ1v) is 10.7. The molecule has 0 aromatic heterocycles. The summed E-state index contributed by atoms with van der Waals surface area (Å²) in [6, 6.07) is 7.36. The lowest BCUT2D eigenvalue weighted by molar-refractivity contribution is -0.139. The number of benzene rings is 2. The molecule has 1 aliphatic rings. The predicted octanol–water partition coefficient (Wildman–Crippen LogP) is 2.75. The zero-order valence-electron chi connectivity index (χ0n) is 14.9. The van der Waals surface area contributed by atoms with E-state index in [0.717, 1.165) is 17.2 Å². The van der Waals surface area contributed by atoms with Gasteiger partial charge in [0.25, 0.3) is 0 Å².